The molecule has 3 rings (SSSR count). The number of hydrogen-bond donors (Lipinski definition) is 3. The van der Waals surface area contributed by atoms with E-state index in [9.17, 15) is 33.3 Å². The van der Waals surface area contributed by atoms with Gasteiger partial charge in [0.25, 0.3) is 0 Å². The molecule has 0 aromatic rings. The van der Waals surface area contributed by atoms with Crippen LogP contribution in [0.25, 0.3) is 0 Å². The van der Waals surface area contributed by atoms with Gasteiger partial charge in [-0.15, -0.1) is 0 Å². The number of allylic oxidation sites excluding steroid dienone is 3. The van der Waals surface area contributed by atoms with Crippen LogP contribution in [0.5, 0.6) is 0 Å². The number of alkyl halides is 3. The van der Waals surface area contributed by atoms with E-state index in [-0.39, 0.29) is 11.3 Å². The summed E-state index contributed by atoms with van der Waals surface area (Å²) in [5, 5.41) is 29.4. The molecule has 0 unspecified atom stereocenters. The van der Waals surface area contributed by atoms with Crippen LogP contribution in [0.4, 0.5) is 13.2 Å². The van der Waals surface area contributed by atoms with E-state index in [0.29, 0.717) is 32.1 Å². The number of aliphatic hydroxyl groups is 3. The summed E-state index contributed by atoms with van der Waals surface area (Å²) in [5.74, 6) is -0.261. The molecule has 3 saturated carbocycles. The van der Waals surface area contributed by atoms with Crippen LogP contribution >= 0.6 is 0 Å². The minimum Gasteiger partial charge on any atom is -0.462 e. The van der Waals surface area contributed by atoms with E-state index in [1.807, 2.05) is 6.92 Å². The average Bonchev–Trinajstić information content (AvgIpc) is 3.07. The van der Waals surface area contributed by atoms with Crippen molar-refractivity contribution in [1.29, 1.82) is 0 Å². The van der Waals surface area contributed by atoms with Crippen molar-refractivity contribution in [2.75, 3.05) is 0 Å². The molecule has 0 radical (unpaired) electrons. The van der Waals surface area contributed by atoms with Crippen LogP contribution in [0.2, 0.25) is 0 Å². The number of hydrogen-bond acceptors (Lipinski definition) is 5. The third-order valence-electron chi connectivity index (χ3n) is 8.42. The van der Waals surface area contributed by atoms with Gasteiger partial charge in [0.15, 0.2) is 5.60 Å². The van der Waals surface area contributed by atoms with Gasteiger partial charge >= 0.3 is 12.1 Å². The molecule has 3 N–H and O–H groups in total. The molecule has 34 heavy (non-hydrogen) atoms. The molecule has 0 aliphatic heterocycles. The summed E-state index contributed by atoms with van der Waals surface area (Å²) in [6.07, 6.45) is 3.20. The molecule has 0 saturated heterocycles. The lowest BCUT2D eigenvalue weighted by Crippen LogP contribution is -2.43. The summed E-state index contributed by atoms with van der Waals surface area (Å²) in [4.78, 5) is 12.3. The van der Waals surface area contributed by atoms with Gasteiger partial charge in [0.05, 0.1) is 12.2 Å². The molecule has 3 aliphatic rings. The van der Waals surface area contributed by atoms with Gasteiger partial charge in [-0.2, -0.15) is 13.2 Å². The maximum Gasteiger partial charge on any atom is 0.416 e. The Morgan fingerprint density at radius 2 is 1.85 bits per heavy atom. The fraction of sp³-hybridized carbons (Fsp3) is 0.808. The van der Waals surface area contributed by atoms with Crippen LogP contribution in [0, 0.1) is 17.3 Å². The van der Waals surface area contributed by atoms with E-state index in [4.69, 9.17) is 4.74 Å². The molecule has 0 spiro atoms. The normalized spacial score (nSPS) is 36.0. The van der Waals surface area contributed by atoms with Gasteiger partial charge in [-0.3, -0.25) is 4.79 Å². The number of carbonyl (C=O) groups excluding carboxylic acids is 1. The standard InChI is InChI=1S/C26H39F3O5/c1-16(34-23(32)10-12-25(3,33)26(27,28)29)21-8-9-22-18(5-4-11-24(21,22)2)7-6-17-13-19(30)15-20(31)14-17/h6-7,16,19-22,30-31,33H,4-5,8-15H2,1-3H3/t16-,19+,20+,21+,22-,24+,25+/m0/s1. The summed E-state index contributed by atoms with van der Waals surface area (Å²) < 4.78 is 44.1. The second-order valence-corrected chi connectivity index (χ2v) is 11.1. The number of esters is 1. The maximum atomic E-state index is 12.8. The van der Waals surface area contributed by atoms with Crippen molar-refractivity contribution in [3.05, 3.63) is 23.3 Å². The van der Waals surface area contributed by atoms with Crippen LogP contribution in [-0.2, 0) is 9.53 Å². The molecule has 0 bridgehead atoms. The Bertz CT molecular complexity index is 791. The first-order valence-electron chi connectivity index (χ1n) is 12.5. The third-order valence-corrected chi connectivity index (χ3v) is 8.42. The molecule has 3 fully saturated rings. The zero-order valence-electron chi connectivity index (χ0n) is 20.4. The van der Waals surface area contributed by atoms with Crippen LogP contribution in [0.15, 0.2) is 23.3 Å². The summed E-state index contributed by atoms with van der Waals surface area (Å²) in [5.41, 5.74) is -0.580. The van der Waals surface area contributed by atoms with Gasteiger partial charge in [0.2, 0.25) is 0 Å². The van der Waals surface area contributed by atoms with Crippen LogP contribution in [-0.4, -0.2) is 51.4 Å². The van der Waals surface area contributed by atoms with Crippen molar-refractivity contribution >= 4 is 5.97 Å². The molecular formula is C26H39F3O5. The Kier molecular flexibility index (Phi) is 8.25. The van der Waals surface area contributed by atoms with Crippen molar-refractivity contribution < 1.29 is 38.0 Å². The predicted octanol–water partition coefficient (Wildman–Crippen LogP) is 4.99. The van der Waals surface area contributed by atoms with E-state index >= 15 is 0 Å². The molecular weight excluding hydrogens is 449 g/mol. The minimum atomic E-state index is -4.79. The Morgan fingerprint density at radius 3 is 2.47 bits per heavy atom. The zero-order valence-corrected chi connectivity index (χ0v) is 20.4. The Labute approximate surface area is 200 Å². The summed E-state index contributed by atoms with van der Waals surface area (Å²) in [7, 11) is 0. The highest BCUT2D eigenvalue weighted by molar-refractivity contribution is 5.69. The number of aliphatic hydroxyl groups excluding tert-OH is 2. The second kappa shape index (κ2) is 10.3. The molecule has 8 heteroatoms. The van der Waals surface area contributed by atoms with Crippen molar-refractivity contribution in [2.45, 2.75) is 115 Å². The molecule has 0 aromatic carbocycles. The van der Waals surface area contributed by atoms with Gasteiger partial charge < -0.3 is 20.1 Å². The van der Waals surface area contributed by atoms with Crippen LogP contribution < -0.4 is 0 Å². The number of halogens is 3. The first-order chi connectivity index (χ1) is 15.7. The minimum absolute atomic E-state index is 0.0641. The molecule has 0 amide bonds. The Balaban J connectivity index is 1.63. The van der Waals surface area contributed by atoms with Crippen LogP contribution in [0.3, 0.4) is 0 Å². The molecule has 7 atom stereocenters. The quantitative estimate of drug-likeness (QED) is 0.459. The van der Waals surface area contributed by atoms with E-state index in [0.717, 1.165) is 37.7 Å². The predicted molar refractivity (Wildman–Crippen MR) is 122 cm³/mol. The summed E-state index contributed by atoms with van der Waals surface area (Å²) >= 11 is 0. The Morgan fingerprint density at radius 1 is 1.21 bits per heavy atom. The summed E-state index contributed by atoms with van der Waals surface area (Å²) in [6.45, 7) is 4.72. The fourth-order valence-corrected chi connectivity index (χ4v) is 6.42. The number of fused-ring (bicyclic) bond motifs is 1. The Hall–Kier alpha value is -1.38. The monoisotopic (exact) mass is 488 g/mol. The third kappa shape index (κ3) is 6.05. The first-order valence-corrected chi connectivity index (χ1v) is 12.5. The number of ether oxygens (including phenoxy) is 1. The number of rotatable bonds is 6. The van der Waals surface area contributed by atoms with E-state index < -0.39 is 48.9 Å². The van der Waals surface area contributed by atoms with Crippen molar-refractivity contribution in [1.82, 2.24) is 0 Å². The highest BCUT2D eigenvalue weighted by atomic mass is 19.4. The van der Waals surface area contributed by atoms with E-state index in [1.54, 1.807) is 0 Å². The average molecular weight is 489 g/mol. The zero-order chi connectivity index (χ0) is 25.3. The largest absolute Gasteiger partial charge is 0.462 e. The highest BCUT2D eigenvalue weighted by Crippen LogP contribution is 2.58. The number of carbonyl (C=O) groups is 1. The summed E-state index contributed by atoms with van der Waals surface area (Å²) in [6, 6.07) is 0. The molecule has 0 heterocycles. The van der Waals surface area contributed by atoms with E-state index in [1.165, 1.54) is 5.57 Å². The lowest BCUT2D eigenvalue weighted by molar-refractivity contribution is -0.255. The van der Waals surface area contributed by atoms with Gasteiger partial charge in [-0.1, -0.05) is 30.2 Å². The van der Waals surface area contributed by atoms with Gasteiger partial charge in [0.1, 0.15) is 6.10 Å². The highest BCUT2D eigenvalue weighted by Gasteiger charge is 2.52. The lowest BCUT2D eigenvalue weighted by Gasteiger charge is -2.44. The van der Waals surface area contributed by atoms with Crippen LogP contribution in [0.1, 0.15) is 85.0 Å². The second-order valence-electron chi connectivity index (χ2n) is 11.1. The molecule has 5 nitrogen and oxygen atoms in total. The molecule has 194 valence electrons. The fourth-order valence-electron chi connectivity index (χ4n) is 6.42. The topological polar surface area (TPSA) is 87.0 Å². The van der Waals surface area contributed by atoms with Gasteiger partial charge in [-0.25, -0.2) is 0 Å². The molecule has 3 aliphatic carbocycles. The van der Waals surface area contributed by atoms with Gasteiger partial charge in [0, 0.05) is 12.3 Å². The van der Waals surface area contributed by atoms with Crippen molar-refractivity contribution in [2.24, 2.45) is 17.3 Å². The van der Waals surface area contributed by atoms with E-state index in [2.05, 4.69) is 19.1 Å². The van der Waals surface area contributed by atoms with Crippen molar-refractivity contribution in [3.8, 4) is 0 Å². The lowest BCUT2D eigenvalue weighted by atomic mass is 9.62. The first kappa shape index (κ1) is 27.2. The van der Waals surface area contributed by atoms with Crippen molar-refractivity contribution in [3.63, 3.8) is 0 Å². The molecule has 0 aromatic heterocycles. The maximum absolute atomic E-state index is 12.8. The SMILES string of the molecule is C[C@H](OC(=O)CC[C@@](C)(O)C(F)(F)F)[C@H]1CC[C@H]2C(=CC=C3C[C@@H](O)C[C@H](O)C3)CCC[C@]12C. The smallest absolute Gasteiger partial charge is 0.416 e. The van der Waals surface area contributed by atoms with Gasteiger partial charge in [-0.05, 0) is 83.0 Å².